The van der Waals surface area contributed by atoms with E-state index in [0.29, 0.717) is 66.5 Å². The van der Waals surface area contributed by atoms with Crippen molar-refractivity contribution in [3.63, 3.8) is 0 Å². The highest BCUT2D eigenvalue weighted by Gasteiger charge is 2.66. The Morgan fingerprint density at radius 1 is 0.943 bits per heavy atom. The molecule has 3 saturated heterocycles. The summed E-state index contributed by atoms with van der Waals surface area (Å²) >= 11 is 0. The van der Waals surface area contributed by atoms with Gasteiger partial charge in [-0.2, -0.15) is 0 Å². The molecule has 5 atom stereocenters. The molecule has 276 valence electrons. The van der Waals surface area contributed by atoms with E-state index >= 15 is 4.39 Å². The van der Waals surface area contributed by atoms with Gasteiger partial charge in [0.25, 0.3) is 5.91 Å². The van der Waals surface area contributed by atoms with E-state index in [4.69, 9.17) is 14.2 Å². The average Bonchev–Trinajstić information content (AvgIpc) is 3.98. The van der Waals surface area contributed by atoms with Crippen LogP contribution >= 0.6 is 0 Å². The Morgan fingerprint density at radius 3 is 2.25 bits per heavy atom. The second-order valence-electron chi connectivity index (χ2n) is 14.6. The first kappa shape index (κ1) is 34.7. The van der Waals surface area contributed by atoms with Crippen LogP contribution in [0.25, 0.3) is 0 Å². The summed E-state index contributed by atoms with van der Waals surface area (Å²) in [5.41, 5.74) is 1.02. The molecule has 4 aliphatic rings. The van der Waals surface area contributed by atoms with Crippen molar-refractivity contribution < 1.29 is 38.1 Å². The van der Waals surface area contributed by atoms with Crippen LogP contribution in [-0.4, -0.2) is 76.3 Å². The van der Waals surface area contributed by atoms with Crippen LogP contribution in [-0.2, 0) is 37.7 Å². The number of carbonyl (C=O) groups excluding carboxylic acids is 3. The minimum Gasteiger partial charge on any atom is -0.447 e. The lowest BCUT2D eigenvalue weighted by molar-refractivity contribution is -0.146. The summed E-state index contributed by atoms with van der Waals surface area (Å²) in [6.07, 6.45) is -0.556. The van der Waals surface area contributed by atoms with Crippen molar-refractivity contribution in [2.45, 2.75) is 63.8 Å². The molecule has 53 heavy (non-hydrogen) atoms. The van der Waals surface area contributed by atoms with Crippen LogP contribution in [0, 0.1) is 11.8 Å². The van der Waals surface area contributed by atoms with E-state index in [1.165, 1.54) is 18.7 Å². The van der Waals surface area contributed by atoms with Crippen molar-refractivity contribution in [3.05, 3.63) is 101 Å². The second-order valence-corrected chi connectivity index (χ2v) is 14.6. The first-order valence-corrected chi connectivity index (χ1v) is 17.9. The van der Waals surface area contributed by atoms with Crippen LogP contribution < -0.4 is 14.7 Å². The van der Waals surface area contributed by atoms with E-state index in [2.05, 4.69) is 10.3 Å². The first-order valence-electron chi connectivity index (χ1n) is 17.9. The number of nitrogens with zero attached hydrogens (tertiary/aromatic N) is 6. The van der Waals surface area contributed by atoms with Crippen LogP contribution in [0.15, 0.2) is 79.0 Å². The van der Waals surface area contributed by atoms with Gasteiger partial charge in [-0.3, -0.25) is 19.3 Å². The quantitative estimate of drug-likeness (QED) is 0.225. The molecule has 0 bridgehead atoms. The van der Waals surface area contributed by atoms with Gasteiger partial charge >= 0.3 is 12.2 Å². The molecule has 1 spiro atoms. The van der Waals surface area contributed by atoms with E-state index in [-0.39, 0.29) is 19.1 Å². The molecule has 13 nitrogen and oxygen atoms in total. The van der Waals surface area contributed by atoms with Crippen molar-refractivity contribution in [1.29, 1.82) is 0 Å². The summed E-state index contributed by atoms with van der Waals surface area (Å²) in [5.74, 6) is -1.63. The lowest BCUT2D eigenvalue weighted by atomic mass is 9.71. The summed E-state index contributed by atoms with van der Waals surface area (Å²) in [6.45, 7) is 6.78. The number of anilines is 3. The maximum atomic E-state index is 16.4. The largest absolute Gasteiger partial charge is 0.447 e. The van der Waals surface area contributed by atoms with Gasteiger partial charge in [-0.1, -0.05) is 54.6 Å². The molecule has 3 amide bonds. The Balaban J connectivity index is 1.11. The van der Waals surface area contributed by atoms with Gasteiger partial charge in [-0.05, 0) is 61.7 Å². The number of aliphatic hydroxyl groups excluding tert-OH is 1. The van der Waals surface area contributed by atoms with Gasteiger partial charge in [0, 0.05) is 35.3 Å². The topological polar surface area (TPSA) is 140 Å². The Morgan fingerprint density at radius 2 is 1.60 bits per heavy atom. The highest BCUT2D eigenvalue weighted by atomic mass is 19.1. The molecular weight excluding hydrogens is 683 g/mol. The van der Waals surface area contributed by atoms with Gasteiger partial charge in [-0.15, -0.1) is 5.10 Å². The van der Waals surface area contributed by atoms with Crippen LogP contribution in [0.5, 0.6) is 0 Å². The lowest BCUT2D eigenvalue weighted by Gasteiger charge is -2.32. The van der Waals surface area contributed by atoms with Gasteiger partial charge in [0.1, 0.15) is 30.7 Å². The number of cyclic esters (lactones) is 2. The molecule has 3 fully saturated rings. The normalized spacial score (nSPS) is 24.7. The first-order chi connectivity index (χ1) is 25.5. The maximum Gasteiger partial charge on any atom is 0.414 e. The molecule has 14 heteroatoms. The molecule has 1 N–H and O–H groups in total. The third-order valence-corrected chi connectivity index (χ3v) is 11.0. The fourth-order valence-corrected chi connectivity index (χ4v) is 8.46. The number of fused-ring (bicyclic) bond motifs is 2. The number of benzene rings is 3. The molecule has 0 aliphatic carbocycles. The van der Waals surface area contributed by atoms with Crippen molar-refractivity contribution in [3.8, 4) is 0 Å². The minimum atomic E-state index is -1.73. The average molecular weight is 725 g/mol. The van der Waals surface area contributed by atoms with E-state index in [9.17, 15) is 19.5 Å². The van der Waals surface area contributed by atoms with Gasteiger partial charge < -0.3 is 24.2 Å². The summed E-state index contributed by atoms with van der Waals surface area (Å²) < 4.78 is 35.2. The zero-order valence-corrected chi connectivity index (χ0v) is 29.7. The highest BCUT2D eigenvalue weighted by molar-refractivity contribution is 6.08. The molecule has 0 saturated carbocycles. The molecule has 0 radical (unpaired) electrons. The Kier molecular flexibility index (Phi) is 8.69. The van der Waals surface area contributed by atoms with E-state index in [1.807, 2.05) is 67.6 Å². The molecule has 4 aliphatic heterocycles. The van der Waals surface area contributed by atoms with Crippen molar-refractivity contribution in [2.75, 3.05) is 41.0 Å². The number of aromatic nitrogens is 3. The molecule has 8 rings (SSSR count). The SMILES string of the molecule is C[C@@H]1[C@@H](C(C)(C)F)[C@H](CCn2cc([C@H](O)c3ccccc3)nn2)O[C@@]12C(=O)N(Cc1ccc(N3CCOC3=O)cc1)c1ccc(N3CCOC3=O)cc12. The third kappa shape index (κ3) is 5.99. The zero-order valence-electron chi connectivity index (χ0n) is 29.7. The van der Waals surface area contributed by atoms with Crippen LogP contribution in [0.3, 0.4) is 0 Å². The van der Waals surface area contributed by atoms with Crippen LogP contribution in [0.1, 0.15) is 55.7 Å². The van der Waals surface area contributed by atoms with Gasteiger partial charge in [0.05, 0.1) is 37.6 Å². The van der Waals surface area contributed by atoms with E-state index in [1.54, 1.807) is 32.8 Å². The predicted octanol–water partition coefficient (Wildman–Crippen LogP) is 5.50. The van der Waals surface area contributed by atoms with Gasteiger partial charge in [0.15, 0.2) is 5.60 Å². The monoisotopic (exact) mass is 724 g/mol. The molecule has 4 aromatic rings. The predicted molar refractivity (Wildman–Crippen MR) is 191 cm³/mol. The summed E-state index contributed by atoms with van der Waals surface area (Å²) in [4.78, 5) is 44.5. The number of halogens is 1. The third-order valence-electron chi connectivity index (χ3n) is 11.0. The number of aryl methyl sites for hydroxylation is 1. The number of rotatable bonds is 10. The number of alkyl halides is 1. The number of ether oxygens (including phenoxy) is 3. The van der Waals surface area contributed by atoms with E-state index in [0.717, 1.165) is 5.56 Å². The number of hydrogen-bond donors (Lipinski definition) is 1. The number of hydrogen-bond acceptors (Lipinski definition) is 9. The second kappa shape index (κ2) is 13.3. The summed E-state index contributed by atoms with van der Waals surface area (Å²) in [6, 6.07) is 21.9. The standard InChI is InChI=1S/C39H41FN6O7/c1-24-33(38(2,3)40)32(15-16-43-23-30(41-42-43)34(47)26-7-5-4-6-8-26)53-39(24)29-21-28(45-18-20-52-37(45)50)13-14-31(29)46(35(39)48)22-25-9-11-27(12-10-25)44-17-19-51-36(44)49/h4-14,21,23-24,32-34,47H,15-20,22H2,1-3H3/t24-,32+,33-,34-,39+/m1/s1. The van der Waals surface area contributed by atoms with Gasteiger partial charge in [-0.25, -0.2) is 14.0 Å². The Hall–Kier alpha value is -5.34. The van der Waals surface area contributed by atoms with Crippen molar-refractivity contribution in [2.24, 2.45) is 11.8 Å². The number of carbonyl (C=O) groups is 3. The number of aliphatic hydroxyl groups is 1. The van der Waals surface area contributed by atoms with E-state index < -0.39 is 47.5 Å². The fraction of sp³-hybridized carbons (Fsp3) is 0.410. The lowest BCUT2D eigenvalue weighted by Crippen LogP contribution is -2.45. The smallest absolute Gasteiger partial charge is 0.414 e. The summed E-state index contributed by atoms with van der Waals surface area (Å²) in [5, 5.41) is 19.3. The zero-order chi connectivity index (χ0) is 37.1. The molecule has 3 aromatic carbocycles. The summed E-state index contributed by atoms with van der Waals surface area (Å²) in [7, 11) is 0. The number of amides is 3. The molecule has 5 heterocycles. The van der Waals surface area contributed by atoms with Gasteiger partial charge in [0.2, 0.25) is 0 Å². The molecule has 0 unspecified atom stereocenters. The van der Waals surface area contributed by atoms with Crippen LogP contribution in [0.4, 0.5) is 31.0 Å². The molecule has 1 aromatic heterocycles. The maximum absolute atomic E-state index is 16.4. The highest BCUT2D eigenvalue weighted by Crippen LogP contribution is 2.59. The molecular formula is C39H41FN6O7. The fourth-order valence-electron chi connectivity index (χ4n) is 8.46. The van der Waals surface area contributed by atoms with Crippen molar-refractivity contribution in [1.82, 2.24) is 15.0 Å². The van der Waals surface area contributed by atoms with Crippen molar-refractivity contribution >= 4 is 35.2 Å². The minimum absolute atomic E-state index is 0.194. The van der Waals surface area contributed by atoms with Crippen LogP contribution in [0.2, 0.25) is 0 Å². The Bertz CT molecular complexity index is 2040. The Labute approximate surface area is 305 Å².